The maximum atomic E-state index is 11.5. The molecule has 0 aliphatic heterocycles. The van der Waals surface area contributed by atoms with Crippen LogP contribution in [0.5, 0.6) is 0 Å². The van der Waals surface area contributed by atoms with Crippen molar-refractivity contribution in [3.63, 3.8) is 0 Å². The van der Waals surface area contributed by atoms with E-state index in [4.69, 9.17) is 9.84 Å². The Morgan fingerprint density at radius 1 is 1.42 bits per heavy atom. The number of nitrogens with one attached hydrogen (secondary N) is 1. The third kappa shape index (κ3) is 6.03. The molecule has 104 valence electrons. The molecule has 0 saturated carbocycles. The van der Waals surface area contributed by atoms with Crippen molar-refractivity contribution in [2.45, 2.75) is 25.2 Å². The first-order valence-electron chi connectivity index (χ1n) is 6.04. The molecular weight excluding hydrogens is 246 g/mol. The molecule has 0 aromatic heterocycles. The van der Waals surface area contributed by atoms with Gasteiger partial charge in [-0.15, -0.1) is 6.58 Å². The Balaban J connectivity index is 2.35. The monoisotopic (exact) mass is 265 g/mol. The second-order valence-electron chi connectivity index (χ2n) is 4.12. The predicted molar refractivity (Wildman–Crippen MR) is 71.5 cm³/mol. The van der Waals surface area contributed by atoms with Gasteiger partial charge in [-0.1, -0.05) is 36.4 Å². The highest BCUT2D eigenvalue weighted by Crippen LogP contribution is 2.02. The van der Waals surface area contributed by atoms with E-state index in [1.807, 2.05) is 30.3 Å². The summed E-state index contributed by atoms with van der Waals surface area (Å²) in [5, 5.41) is 20.9. The minimum atomic E-state index is -0.772. The van der Waals surface area contributed by atoms with Crippen molar-refractivity contribution in [3.8, 4) is 0 Å². The zero-order valence-corrected chi connectivity index (χ0v) is 10.7. The number of amides is 1. The Kier molecular flexibility index (Phi) is 6.63. The molecule has 0 spiro atoms. The highest BCUT2D eigenvalue weighted by atomic mass is 16.5. The fraction of sp³-hybridized carbons (Fsp3) is 0.357. The molecule has 3 N–H and O–H groups in total. The summed E-state index contributed by atoms with van der Waals surface area (Å²) < 4.78 is 5.01. The molecule has 5 heteroatoms. The minimum Gasteiger partial charge on any atom is -0.445 e. The zero-order valence-electron chi connectivity index (χ0n) is 10.7. The van der Waals surface area contributed by atoms with Crippen molar-refractivity contribution >= 4 is 6.09 Å². The first-order valence-corrected chi connectivity index (χ1v) is 6.04. The smallest absolute Gasteiger partial charge is 0.407 e. The molecule has 1 rings (SSSR count). The van der Waals surface area contributed by atoms with E-state index in [0.29, 0.717) is 0 Å². The van der Waals surface area contributed by atoms with E-state index in [0.717, 1.165) is 5.56 Å². The Morgan fingerprint density at radius 2 is 2.11 bits per heavy atom. The van der Waals surface area contributed by atoms with Crippen molar-refractivity contribution in [2.24, 2.45) is 0 Å². The highest BCUT2D eigenvalue weighted by Gasteiger charge is 2.15. The second kappa shape index (κ2) is 8.29. The van der Waals surface area contributed by atoms with Gasteiger partial charge in [-0.05, 0) is 12.0 Å². The summed E-state index contributed by atoms with van der Waals surface area (Å²) in [5.74, 6) is 0. The third-order valence-corrected chi connectivity index (χ3v) is 2.55. The molecule has 0 aliphatic rings. The number of aliphatic hydroxyl groups is 2. The standard InChI is InChI=1S/C14H19NO4/c1-2-13(17)8-12(9-16)15-14(18)19-10-11-6-4-3-5-7-11/h2-7,12-13,16-17H,1,8-10H2,(H,15,18)/t12-,13?/m0/s1. The van der Waals surface area contributed by atoms with E-state index in [1.165, 1.54) is 6.08 Å². The molecule has 1 amide bonds. The molecule has 2 atom stereocenters. The number of carbonyl (C=O) groups is 1. The predicted octanol–water partition coefficient (Wildman–Crippen LogP) is 1.21. The molecule has 0 saturated heterocycles. The van der Waals surface area contributed by atoms with E-state index in [1.54, 1.807) is 0 Å². The largest absolute Gasteiger partial charge is 0.445 e. The van der Waals surface area contributed by atoms with Crippen molar-refractivity contribution in [3.05, 3.63) is 48.6 Å². The van der Waals surface area contributed by atoms with Crippen LogP contribution in [0.2, 0.25) is 0 Å². The number of carbonyl (C=O) groups excluding carboxylic acids is 1. The average molecular weight is 265 g/mol. The second-order valence-corrected chi connectivity index (χ2v) is 4.12. The van der Waals surface area contributed by atoms with Gasteiger partial charge in [0, 0.05) is 0 Å². The van der Waals surface area contributed by atoms with Crippen LogP contribution in [0.25, 0.3) is 0 Å². The molecule has 19 heavy (non-hydrogen) atoms. The fourth-order valence-corrected chi connectivity index (χ4v) is 1.50. The Morgan fingerprint density at radius 3 is 2.68 bits per heavy atom. The number of benzene rings is 1. The van der Waals surface area contributed by atoms with Crippen LogP contribution in [0.1, 0.15) is 12.0 Å². The van der Waals surface area contributed by atoms with Crippen LogP contribution >= 0.6 is 0 Å². The SMILES string of the molecule is C=CC(O)C[C@@H](CO)NC(=O)OCc1ccccc1. The van der Waals surface area contributed by atoms with Gasteiger partial charge in [0.05, 0.1) is 18.8 Å². The molecule has 5 nitrogen and oxygen atoms in total. The molecule has 0 bridgehead atoms. The van der Waals surface area contributed by atoms with Gasteiger partial charge in [-0.2, -0.15) is 0 Å². The molecule has 0 aliphatic carbocycles. The van der Waals surface area contributed by atoms with Gasteiger partial charge in [-0.3, -0.25) is 0 Å². The first-order chi connectivity index (χ1) is 9.15. The lowest BCUT2D eigenvalue weighted by Gasteiger charge is -2.17. The van der Waals surface area contributed by atoms with Gasteiger partial charge in [0.1, 0.15) is 6.61 Å². The maximum absolute atomic E-state index is 11.5. The van der Waals surface area contributed by atoms with Gasteiger partial charge in [-0.25, -0.2) is 4.79 Å². The van der Waals surface area contributed by atoms with Crippen molar-refractivity contribution in [2.75, 3.05) is 6.61 Å². The van der Waals surface area contributed by atoms with Gasteiger partial charge >= 0.3 is 6.09 Å². The Bertz CT molecular complexity index is 394. The molecule has 1 aromatic rings. The van der Waals surface area contributed by atoms with E-state index >= 15 is 0 Å². The molecule has 1 aromatic carbocycles. The first kappa shape index (κ1) is 15.2. The van der Waals surface area contributed by atoms with Gasteiger partial charge in [0.2, 0.25) is 0 Å². The number of hydrogen-bond donors (Lipinski definition) is 3. The van der Waals surface area contributed by atoms with Crippen molar-refractivity contribution < 1.29 is 19.7 Å². The summed E-state index contributed by atoms with van der Waals surface area (Å²) in [6, 6.07) is 8.72. The van der Waals surface area contributed by atoms with Gasteiger partial charge in [0.15, 0.2) is 0 Å². The summed E-state index contributed by atoms with van der Waals surface area (Å²) in [6.07, 6.45) is 0.144. The fourth-order valence-electron chi connectivity index (χ4n) is 1.50. The number of aliphatic hydroxyl groups excluding tert-OH is 2. The summed E-state index contributed by atoms with van der Waals surface area (Å²) >= 11 is 0. The lowest BCUT2D eigenvalue weighted by Crippen LogP contribution is -2.39. The van der Waals surface area contributed by atoms with Crippen LogP contribution in [0.15, 0.2) is 43.0 Å². The van der Waals surface area contributed by atoms with Crippen LogP contribution < -0.4 is 5.32 Å². The third-order valence-electron chi connectivity index (χ3n) is 2.55. The van der Waals surface area contributed by atoms with Gasteiger partial charge < -0.3 is 20.3 Å². The van der Waals surface area contributed by atoms with Crippen LogP contribution in [0.3, 0.4) is 0 Å². The normalized spacial score (nSPS) is 13.4. The summed E-state index contributed by atoms with van der Waals surface area (Å²) in [5.41, 5.74) is 0.879. The van der Waals surface area contributed by atoms with Crippen molar-refractivity contribution in [1.82, 2.24) is 5.32 Å². The van der Waals surface area contributed by atoms with Crippen LogP contribution in [-0.4, -0.2) is 35.1 Å². The Labute approximate surface area is 112 Å². The molecular formula is C14H19NO4. The lowest BCUT2D eigenvalue weighted by atomic mass is 10.1. The van der Waals surface area contributed by atoms with E-state index in [9.17, 15) is 9.90 Å². The average Bonchev–Trinajstić information content (AvgIpc) is 2.45. The highest BCUT2D eigenvalue weighted by molar-refractivity contribution is 5.67. The summed E-state index contributed by atoms with van der Waals surface area (Å²) in [7, 11) is 0. The molecule has 0 radical (unpaired) electrons. The molecule has 0 heterocycles. The molecule has 0 fully saturated rings. The number of hydrogen-bond acceptors (Lipinski definition) is 4. The zero-order chi connectivity index (χ0) is 14.1. The number of rotatable bonds is 7. The summed E-state index contributed by atoms with van der Waals surface area (Å²) in [6.45, 7) is 3.32. The minimum absolute atomic E-state index is 0.162. The maximum Gasteiger partial charge on any atom is 0.407 e. The topological polar surface area (TPSA) is 78.8 Å². The van der Waals surface area contributed by atoms with Gasteiger partial charge in [0.25, 0.3) is 0 Å². The molecule has 1 unspecified atom stereocenters. The number of alkyl carbamates (subject to hydrolysis) is 1. The Hall–Kier alpha value is -1.85. The van der Waals surface area contributed by atoms with Crippen LogP contribution in [-0.2, 0) is 11.3 Å². The van der Waals surface area contributed by atoms with E-state index in [2.05, 4.69) is 11.9 Å². The quantitative estimate of drug-likeness (QED) is 0.647. The van der Waals surface area contributed by atoms with Crippen LogP contribution in [0.4, 0.5) is 4.79 Å². The number of ether oxygens (including phenoxy) is 1. The summed E-state index contributed by atoms with van der Waals surface area (Å²) in [4.78, 5) is 11.5. The van der Waals surface area contributed by atoms with E-state index in [-0.39, 0.29) is 19.6 Å². The van der Waals surface area contributed by atoms with Crippen LogP contribution in [0, 0.1) is 0 Å². The van der Waals surface area contributed by atoms with Crippen molar-refractivity contribution in [1.29, 1.82) is 0 Å². The lowest BCUT2D eigenvalue weighted by molar-refractivity contribution is 0.118. The van der Waals surface area contributed by atoms with E-state index < -0.39 is 18.2 Å².